The lowest BCUT2D eigenvalue weighted by molar-refractivity contribution is 0.514. The van der Waals surface area contributed by atoms with Crippen LogP contribution in [0.3, 0.4) is 0 Å². The number of hydrogen-bond acceptors (Lipinski definition) is 0. The molecule has 138 valence electrons. The molecule has 1 aromatic carbocycles. The highest BCUT2D eigenvalue weighted by atomic mass is 79.9. The molecule has 2 aliphatic rings. The van der Waals surface area contributed by atoms with Gasteiger partial charge in [0.25, 0.3) is 0 Å². The number of benzene rings is 1. The number of halogens is 2. The summed E-state index contributed by atoms with van der Waals surface area (Å²) < 4.78 is 2.03. The van der Waals surface area contributed by atoms with Crippen molar-refractivity contribution in [3.05, 3.63) is 96.2 Å². The number of nitrogens with zero attached hydrogens (tertiary/aromatic N) is 1. The zero-order valence-corrected chi connectivity index (χ0v) is 19.5. The quantitative estimate of drug-likeness (QED) is 0.368. The molecule has 0 amide bonds. The van der Waals surface area contributed by atoms with E-state index in [-0.39, 0.29) is 5.41 Å². The molecule has 1 aromatic rings. The van der Waals surface area contributed by atoms with Crippen molar-refractivity contribution in [1.82, 2.24) is 0 Å². The van der Waals surface area contributed by atoms with Crippen molar-refractivity contribution in [1.29, 1.82) is 0 Å². The fraction of sp³-hybridized carbons (Fsp3) is 0.250. The molecule has 0 fully saturated rings. The van der Waals surface area contributed by atoms with Gasteiger partial charge in [-0.3, -0.25) is 0 Å². The van der Waals surface area contributed by atoms with Crippen LogP contribution in [-0.4, -0.2) is 0 Å². The van der Waals surface area contributed by atoms with Crippen molar-refractivity contribution in [2.75, 3.05) is 0 Å². The summed E-state index contributed by atoms with van der Waals surface area (Å²) in [7, 11) is 0. The first-order valence-electron chi connectivity index (χ1n) is 8.95. The monoisotopic (exact) mass is 483 g/mol. The summed E-state index contributed by atoms with van der Waals surface area (Å²) in [5.74, 6) is 1.25. The van der Waals surface area contributed by atoms with E-state index in [1.54, 1.807) is 0 Å². The Bertz CT molecular complexity index is 1010. The second-order valence-electron chi connectivity index (χ2n) is 7.91. The highest BCUT2D eigenvalue weighted by molar-refractivity contribution is 9.11. The third-order valence-corrected chi connectivity index (χ3v) is 5.96. The molecule has 1 heterocycles. The SMILES string of the molecule is CC1=CC(C(C)(C)C)=C[C+](C)C1=C=c1c(Br)cc(=C2C=C[N-]C=C2)cc1Br. The average Bonchev–Trinajstić information content (AvgIpc) is 2.59. The molecule has 0 atom stereocenters. The summed E-state index contributed by atoms with van der Waals surface area (Å²) in [6.07, 6.45) is 12.2. The standard InChI is InChI=1S/C24H23Br2N/c1-15-10-19(24(3,4)5)11-16(2)20(15)14-21-22(25)12-18(13-23(21)26)17-6-8-27-9-7-17/h6-13H,1-5H3. The molecule has 0 saturated carbocycles. The third-order valence-electron chi connectivity index (χ3n) is 4.70. The van der Waals surface area contributed by atoms with Gasteiger partial charge in [0.15, 0.2) is 5.57 Å². The molecule has 1 aliphatic heterocycles. The normalized spacial score (nSPS) is 16.8. The van der Waals surface area contributed by atoms with Gasteiger partial charge in [0.1, 0.15) is 0 Å². The van der Waals surface area contributed by atoms with Gasteiger partial charge in [-0.15, -0.1) is 0 Å². The zero-order valence-electron chi connectivity index (χ0n) is 16.3. The molecule has 0 spiro atoms. The van der Waals surface area contributed by atoms with Crippen molar-refractivity contribution in [2.45, 2.75) is 34.6 Å². The molecule has 0 radical (unpaired) electrons. The van der Waals surface area contributed by atoms with E-state index in [9.17, 15) is 0 Å². The van der Waals surface area contributed by atoms with Crippen LogP contribution in [0.5, 0.6) is 0 Å². The maximum atomic E-state index is 4.10. The molecular formula is C24H23Br2N. The van der Waals surface area contributed by atoms with Gasteiger partial charge < -0.3 is 5.32 Å². The van der Waals surface area contributed by atoms with E-state index in [2.05, 4.69) is 102 Å². The maximum Gasteiger partial charge on any atom is 0.153 e. The Morgan fingerprint density at radius 2 is 1.63 bits per heavy atom. The van der Waals surface area contributed by atoms with Crippen LogP contribution in [0.15, 0.2) is 74.5 Å². The summed E-state index contributed by atoms with van der Waals surface area (Å²) in [5, 5.41) is 6.26. The Kier molecular flexibility index (Phi) is 5.76. The summed E-state index contributed by atoms with van der Waals surface area (Å²) in [6, 6.07) is 4.27. The Morgan fingerprint density at radius 1 is 1.04 bits per heavy atom. The first kappa shape index (κ1) is 20.1. The Balaban J connectivity index is 2.20. The van der Waals surface area contributed by atoms with Crippen LogP contribution in [-0.2, 0) is 0 Å². The van der Waals surface area contributed by atoms with Crippen LogP contribution in [0, 0.1) is 11.3 Å². The Hall–Kier alpha value is -1.67. The van der Waals surface area contributed by atoms with Gasteiger partial charge in [0.2, 0.25) is 0 Å². The van der Waals surface area contributed by atoms with E-state index in [1.165, 1.54) is 17.1 Å². The van der Waals surface area contributed by atoms with Gasteiger partial charge in [-0.1, -0.05) is 12.2 Å². The lowest BCUT2D eigenvalue weighted by atomic mass is 9.77. The van der Waals surface area contributed by atoms with Crippen LogP contribution in [0.25, 0.3) is 16.6 Å². The van der Waals surface area contributed by atoms with E-state index in [0.717, 1.165) is 30.5 Å². The first-order valence-corrected chi connectivity index (χ1v) is 10.5. The van der Waals surface area contributed by atoms with Crippen LogP contribution in [0.2, 0.25) is 0 Å². The van der Waals surface area contributed by atoms with Gasteiger partial charge >= 0.3 is 0 Å². The number of allylic oxidation sites excluding steroid dienone is 7. The smallest absolute Gasteiger partial charge is 0.153 e. The molecule has 1 aliphatic carbocycles. The van der Waals surface area contributed by atoms with Gasteiger partial charge in [-0.25, -0.2) is 0 Å². The van der Waals surface area contributed by atoms with Crippen LogP contribution < -0.4 is 10.4 Å². The van der Waals surface area contributed by atoms with Crippen LogP contribution in [0.1, 0.15) is 34.6 Å². The van der Waals surface area contributed by atoms with Crippen molar-refractivity contribution >= 4 is 43.2 Å². The topological polar surface area (TPSA) is 14.1 Å². The molecular weight excluding hydrogens is 462 g/mol. The first-order chi connectivity index (χ1) is 12.7. The molecule has 0 unspecified atom stereocenters. The number of rotatable bonds is 0. The predicted octanol–water partition coefficient (Wildman–Crippen LogP) is 6.61. The second kappa shape index (κ2) is 7.75. The maximum absolute atomic E-state index is 4.10. The minimum Gasteiger partial charge on any atom is -0.670 e. The lowest BCUT2D eigenvalue weighted by Gasteiger charge is -2.21. The Labute approximate surface area is 178 Å². The molecule has 1 nitrogen and oxygen atoms in total. The van der Waals surface area contributed by atoms with Crippen molar-refractivity contribution in [2.24, 2.45) is 5.41 Å². The molecule has 0 bridgehead atoms. The van der Waals surface area contributed by atoms with Crippen molar-refractivity contribution in [3.8, 4) is 0 Å². The molecule has 27 heavy (non-hydrogen) atoms. The predicted molar refractivity (Wildman–Crippen MR) is 123 cm³/mol. The van der Waals surface area contributed by atoms with E-state index in [1.807, 2.05) is 24.6 Å². The zero-order chi connectivity index (χ0) is 19.8. The van der Waals surface area contributed by atoms with E-state index in [4.69, 9.17) is 0 Å². The van der Waals surface area contributed by atoms with E-state index < -0.39 is 0 Å². The van der Waals surface area contributed by atoms with Gasteiger partial charge in [-0.2, -0.15) is 12.4 Å². The van der Waals surface area contributed by atoms with Crippen molar-refractivity contribution in [3.63, 3.8) is 0 Å². The second-order valence-corrected chi connectivity index (χ2v) is 9.62. The van der Waals surface area contributed by atoms with Gasteiger partial charge in [0.05, 0.1) is 16.7 Å². The van der Waals surface area contributed by atoms with Crippen LogP contribution in [0.4, 0.5) is 0 Å². The third kappa shape index (κ3) is 4.43. The molecule has 0 N–H and O–H groups in total. The van der Waals surface area contributed by atoms with E-state index in [0.29, 0.717) is 0 Å². The summed E-state index contributed by atoms with van der Waals surface area (Å²) in [5.41, 5.74) is 8.66. The average molecular weight is 485 g/mol. The summed E-state index contributed by atoms with van der Waals surface area (Å²) in [6.45, 7) is 11.1. The lowest BCUT2D eigenvalue weighted by Crippen LogP contribution is -2.16. The molecule has 0 aromatic heterocycles. The molecule has 3 rings (SSSR count). The minimum atomic E-state index is 0.140. The minimum absolute atomic E-state index is 0.140. The molecule has 3 heteroatoms. The fourth-order valence-electron chi connectivity index (χ4n) is 3.12. The molecule has 0 saturated heterocycles. The van der Waals surface area contributed by atoms with Crippen LogP contribution >= 0.6 is 31.9 Å². The van der Waals surface area contributed by atoms with Crippen molar-refractivity contribution < 1.29 is 0 Å². The van der Waals surface area contributed by atoms with Gasteiger partial charge in [-0.05, 0) is 89.4 Å². The fourth-order valence-corrected chi connectivity index (χ4v) is 4.51. The highest BCUT2D eigenvalue weighted by Gasteiger charge is 2.29. The highest BCUT2D eigenvalue weighted by Crippen LogP contribution is 2.36. The largest absolute Gasteiger partial charge is 0.670 e. The Morgan fingerprint density at radius 3 is 2.15 bits per heavy atom. The number of hydrogen-bond donors (Lipinski definition) is 0. The summed E-state index contributed by atoms with van der Waals surface area (Å²) in [4.78, 5) is 0. The summed E-state index contributed by atoms with van der Waals surface area (Å²) >= 11 is 7.48. The van der Waals surface area contributed by atoms with Gasteiger partial charge in [0, 0.05) is 37.8 Å². The van der Waals surface area contributed by atoms with E-state index >= 15 is 0 Å².